The van der Waals surface area contributed by atoms with Gasteiger partial charge in [0.05, 0.1) is 12.2 Å². The highest BCUT2D eigenvalue weighted by Gasteiger charge is 2.15. The van der Waals surface area contributed by atoms with Gasteiger partial charge in [0.1, 0.15) is 11.2 Å². The SMILES string of the molecule is CCNC(=O)[C@H](C)NC(=O)/C=C/c1c(C)nn(Cc2ccccc2Cl)c1Cl. The van der Waals surface area contributed by atoms with E-state index in [1.54, 1.807) is 17.7 Å². The molecule has 1 atom stereocenters. The van der Waals surface area contributed by atoms with Crippen LogP contribution in [0.4, 0.5) is 0 Å². The van der Waals surface area contributed by atoms with Gasteiger partial charge in [0.2, 0.25) is 11.8 Å². The maximum absolute atomic E-state index is 12.0. The fourth-order valence-corrected chi connectivity index (χ4v) is 2.96. The fraction of sp³-hybridized carbons (Fsp3) is 0.316. The van der Waals surface area contributed by atoms with Crippen LogP contribution in [0.2, 0.25) is 10.2 Å². The third kappa shape index (κ3) is 5.58. The standard InChI is InChI=1S/C19H22Cl2N4O2/c1-4-22-19(27)13(3)23-17(26)10-9-15-12(2)24-25(18(15)21)11-14-7-5-6-8-16(14)20/h5-10,13H,4,11H2,1-3H3,(H,22,27)(H,23,26)/b10-9+/t13-/m0/s1. The van der Waals surface area contributed by atoms with Gasteiger partial charge in [-0.2, -0.15) is 5.10 Å². The van der Waals surface area contributed by atoms with Crippen molar-refractivity contribution in [3.8, 4) is 0 Å². The molecule has 6 nitrogen and oxygen atoms in total. The second-order valence-corrected chi connectivity index (χ2v) is 6.76. The van der Waals surface area contributed by atoms with Gasteiger partial charge in [0, 0.05) is 23.2 Å². The smallest absolute Gasteiger partial charge is 0.244 e. The van der Waals surface area contributed by atoms with E-state index in [0.717, 1.165) is 5.56 Å². The first-order chi connectivity index (χ1) is 12.8. The number of halogens is 2. The van der Waals surface area contributed by atoms with Crippen molar-refractivity contribution in [2.75, 3.05) is 6.54 Å². The largest absolute Gasteiger partial charge is 0.355 e. The Morgan fingerprint density at radius 2 is 2.00 bits per heavy atom. The van der Waals surface area contributed by atoms with Crippen molar-refractivity contribution in [1.29, 1.82) is 0 Å². The molecule has 1 aromatic heterocycles. The van der Waals surface area contributed by atoms with Crippen molar-refractivity contribution in [1.82, 2.24) is 20.4 Å². The Balaban J connectivity index is 2.10. The van der Waals surface area contributed by atoms with Gasteiger partial charge in [0.25, 0.3) is 0 Å². The zero-order valence-electron chi connectivity index (χ0n) is 15.4. The number of hydrogen-bond donors (Lipinski definition) is 2. The van der Waals surface area contributed by atoms with E-state index in [-0.39, 0.29) is 11.8 Å². The molecular formula is C19H22Cl2N4O2. The molecule has 0 aliphatic heterocycles. The summed E-state index contributed by atoms with van der Waals surface area (Å²) < 4.78 is 1.63. The molecule has 0 radical (unpaired) electrons. The molecule has 1 heterocycles. The Hall–Kier alpha value is -2.31. The Morgan fingerprint density at radius 3 is 2.67 bits per heavy atom. The van der Waals surface area contributed by atoms with E-state index in [4.69, 9.17) is 23.2 Å². The third-order valence-corrected chi connectivity index (χ3v) is 4.66. The number of carbonyl (C=O) groups excluding carboxylic acids is 2. The molecule has 2 rings (SSSR count). The van der Waals surface area contributed by atoms with Gasteiger partial charge in [0.15, 0.2) is 0 Å². The maximum Gasteiger partial charge on any atom is 0.244 e. The number of likely N-dealkylation sites (N-methyl/N-ethyl adjacent to an activating group) is 1. The van der Waals surface area contributed by atoms with Crippen LogP contribution in [0.25, 0.3) is 6.08 Å². The zero-order valence-corrected chi connectivity index (χ0v) is 16.9. The van der Waals surface area contributed by atoms with Crippen LogP contribution in [0.1, 0.15) is 30.7 Å². The summed E-state index contributed by atoms with van der Waals surface area (Å²) in [5, 5.41) is 10.7. The lowest BCUT2D eigenvalue weighted by Gasteiger charge is -2.11. The predicted octanol–water partition coefficient (Wildman–Crippen LogP) is 3.20. The minimum atomic E-state index is -0.624. The van der Waals surface area contributed by atoms with Crippen molar-refractivity contribution < 1.29 is 9.59 Å². The van der Waals surface area contributed by atoms with Crippen molar-refractivity contribution in [2.45, 2.75) is 33.4 Å². The molecule has 0 saturated carbocycles. The molecule has 2 N–H and O–H groups in total. The predicted molar refractivity (Wildman–Crippen MR) is 108 cm³/mol. The number of aromatic nitrogens is 2. The number of nitrogens with one attached hydrogen (secondary N) is 2. The monoisotopic (exact) mass is 408 g/mol. The number of hydrogen-bond acceptors (Lipinski definition) is 3. The molecule has 0 saturated heterocycles. The molecule has 0 unspecified atom stereocenters. The molecule has 0 aliphatic rings. The van der Waals surface area contributed by atoms with Crippen molar-refractivity contribution >= 4 is 41.1 Å². The van der Waals surface area contributed by atoms with Crippen LogP contribution in [0, 0.1) is 6.92 Å². The van der Waals surface area contributed by atoms with Crippen molar-refractivity contribution in [2.24, 2.45) is 0 Å². The van der Waals surface area contributed by atoms with Gasteiger partial charge in [-0.1, -0.05) is 41.4 Å². The van der Waals surface area contributed by atoms with Gasteiger partial charge >= 0.3 is 0 Å². The quantitative estimate of drug-likeness (QED) is 0.690. The van der Waals surface area contributed by atoms with E-state index in [0.29, 0.717) is 34.5 Å². The van der Waals surface area contributed by atoms with Crippen LogP contribution in [-0.4, -0.2) is 34.2 Å². The molecule has 1 aromatic carbocycles. The van der Waals surface area contributed by atoms with Gasteiger partial charge in [-0.15, -0.1) is 0 Å². The molecule has 2 aromatic rings. The van der Waals surface area contributed by atoms with Crippen LogP contribution in [0.15, 0.2) is 30.3 Å². The van der Waals surface area contributed by atoms with E-state index in [9.17, 15) is 9.59 Å². The zero-order chi connectivity index (χ0) is 20.0. The minimum Gasteiger partial charge on any atom is -0.355 e. The highest BCUT2D eigenvalue weighted by molar-refractivity contribution is 6.32. The van der Waals surface area contributed by atoms with Crippen LogP contribution in [0.5, 0.6) is 0 Å². The van der Waals surface area contributed by atoms with Crippen molar-refractivity contribution in [3.63, 3.8) is 0 Å². The van der Waals surface area contributed by atoms with Gasteiger partial charge in [-0.05, 0) is 38.5 Å². The topological polar surface area (TPSA) is 76.0 Å². The van der Waals surface area contributed by atoms with E-state index in [2.05, 4.69) is 15.7 Å². The normalized spacial score (nSPS) is 12.2. The highest BCUT2D eigenvalue weighted by Crippen LogP contribution is 2.24. The Labute approximate surface area is 168 Å². The van der Waals surface area contributed by atoms with E-state index < -0.39 is 6.04 Å². The Morgan fingerprint density at radius 1 is 1.30 bits per heavy atom. The molecule has 0 aliphatic carbocycles. The molecule has 144 valence electrons. The summed E-state index contributed by atoms with van der Waals surface area (Å²) in [4.78, 5) is 23.7. The first-order valence-corrected chi connectivity index (χ1v) is 9.31. The molecular weight excluding hydrogens is 387 g/mol. The molecule has 2 amide bonds. The first kappa shape index (κ1) is 21.0. The number of amides is 2. The average Bonchev–Trinajstić information content (AvgIpc) is 2.88. The van der Waals surface area contributed by atoms with Gasteiger partial charge < -0.3 is 10.6 Å². The Kier molecular flexibility index (Phi) is 7.45. The second kappa shape index (κ2) is 9.58. The van der Waals surface area contributed by atoms with E-state index in [1.165, 1.54) is 6.08 Å². The summed E-state index contributed by atoms with van der Waals surface area (Å²) in [6.07, 6.45) is 2.93. The molecule has 0 bridgehead atoms. The Bertz CT molecular complexity index is 861. The summed E-state index contributed by atoms with van der Waals surface area (Å²) >= 11 is 12.6. The summed E-state index contributed by atoms with van der Waals surface area (Å²) in [6, 6.07) is 6.84. The van der Waals surface area contributed by atoms with Crippen LogP contribution < -0.4 is 10.6 Å². The van der Waals surface area contributed by atoms with E-state index in [1.807, 2.05) is 38.1 Å². The van der Waals surface area contributed by atoms with Gasteiger partial charge in [-0.25, -0.2) is 4.68 Å². The summed E-state index contributed by atoms with van der Waals surface area (Å²) in [7, 11) is 0. The molecule has 27 heavy (non-hydrogen) atoms. The van der Waals surface area contributed by atoms with Crippen LogP contribution in [-0.2, 0) is 16.1 Å². The van der Waals surface area contributed by atoms with Crippen LogP contribution in [0.3, 0.4) is 0 Å². The number of nitrogens with zero attached hydrogens (tertiary/aromatic N) is 2. The number of carbonyl (C=O) groups is 2. The lowest BCUT2D eigenvalue weighted by Crippen LogP contribution is -2.44. The maximum atomic E-state index is 12.0. The highest BCUT2D eigenvalue weighted by atomic mass is 35.5. The average molecular weight is 409 g/mol. The fourth-order valence-electron chi connectivity index (χ4n) is 2.46. The minimum absolute atomic E-state index is 0.235. The summed E-state index contributed by atoms with van der Waals surface area (Å²) in [5.74, 6) is -0.621. The third-order valence-electron chi connectivity index (χ3n) is 3.89. The van der Waals surface area contributed by atoms with Crippen molar-refractivity contribution in [3.05, 3.63) is 57.3 Å². The second-order valence-electron chi connectivity index (χ2n) is 6.00. The summed E-state index contributed by atoms with van der Waals surface area (Å²) in [5.41, 5.74) is 2.23. The number of benzene rings is 1. The lowest BCUT2D eigenvalue weighted by atomic mass is 10.2. The van der Waals surface area contributed by atoms with Crippen LogP contribution >= 0.6 is 23.2 Å². The number of aryl methyl sites for hydroxylation is 1. The number of rotatable bonds is 7. The first-order valence-electron chi connectivity index (χ1n) is 8.56. The van der Waals surface area contributed by atoms with Gasteiger partial charge in [-0.3, -0.25) is 9.59 Å². The lowest BCUT2D eigenvalue weighted by molar-refractivity contribution is -0.126. The molecule has 8 heteroatoms. The summed E-state index contributed by atoms with van der Waals surface area (Å²) in [6.45, 7) is 6.18. The molecule has 0 fully saturated rings. The van der Waals surface area contributed by atoms with E-state index >= 15 is 0 Å². The molecule has 0 spiro atoms.